The molecule has 1 saturated carbocycles. The zero-order valence-corrected chi connectivity index (χ0v) is 10.8. The Morgan fingerprint density at radius 1 is 1.39 bits per heavy atom. The van der Waals surface area contributed by atoms with E-state index in [4.69, 9.17) is 0 Å². The van der Waals surface area contributed by atoms with Gasteiger partial charge in [0.1, 0.15) is 0 Å². The monoisotopic (exact) mass is 246 g/mol. The average Bonchev–Trinajstić information content (AvgIpc) is 3.10. The zero-order chi connectivity index (χ0) is 12.9. The molecule has 1 aliphatic carbocycles. The molecule has 0 bridgehead atoms. The average molecular weight is 246 g/mol. The van der Waals surface area contributed by atoms with Crippen molar-refractivity contribution in [1.82, 2.24) is 4.98 Å². The van der Waals surface area contributed by atoms with Crippen LogP contribution in [0.25, 0.3) is 0 Å². The van der Waals surface area contributed by atoms with Crippen molar-refractivity contribution in [3.63, 3.8) is 0 Å². The van der Waals surface area contributed by atoms with E-state index in [0.29, 0.717) is 17.9 Å². The summed E-state index contributed by atoms with van der Waals surface area (Å²) in [5.74, 6) is 1.13. The molecule has 1 amide bonds. The number of anilines is 1. The van der Waals surface area contributed by atoms with Gasteiger partial charge in [0.2, 0.25) is 11.5 Å². The second-order valence-electron chi connectivity index (χ2n) is 5.58. The number of hydrogen-bond acceptors (Lipinski definition) is 2. The second kappa shape index (κ2) is 3.97. The van der Waals surface area contributed by atoms with Gasteiger partial charge in [-0.25, -0.2) is 0 Å². The largest absolute Gasteiger partial charge is 0.324 e. The fourth-order valence-electron chi connectivity index (χ4n) is 3.24. The van der Waals surface area contributed by atoms with Gasteiger partial charge in [-0.05, 0) is 37.2 Å². The first-order valence-electron chi connectivity index (χ1n) is 6.60. The van der Waals surface area contributed by atoms with Crippen molar-refractivity contribution in [3.8, 4) is 0 Å². The van der Waals surface area contributed by atoms with Gasteiger partial charge in [-0.2, -0.15) is 0 Å². The number of amides is 1. The molecule has 1 N–H and O–H groups in total. The number of aromatic nitrogens is 1. The lowest BCUT2D eigenvalue weighted by atomic mass is 9.86. The molecule has 0 saturated heterocycles. The van der Waals surface area contributed by atoms with Gasteiger partial charge >= 0.3 is 0 Å². The molecule has 1 fully saturated rings. The van der Waals surface area contributed by atoms with Gasteiger partial charge < -0.3 is 9.88 Å². The predicted molar refractivity (Wildman–Crippen MR) is 69.6 cm³/mol. The number of fused-ring (bicyclic) bond motifs is 1. The van der Waals surface area contributed by atoms with E-state index in [1.54, 1.807) is 13.0 Å². The quantitative estimate of drug-likeness (QED) is 0.820. The molecule has 96 valence electrons. The molecular weight excluding hydrogens is 228 g/mol. The van der Waals surface area contributed by atoms with E-state index in [1.165, 1.54) is 18.9 Å². The van der Waals surface area contributed by atoms with E-state index in [1.807, 2.05) is 4.90 Å². The molecule has 2 heterocycles. The van der Waals surface area contributed by atoms with Crippen molar-refractivity contribution >= 4 is 11.6 Å². The molecular formula is C14H18N2O2. The third kappa shape index (κ3) is 1.76. The Bertz CT molecular complexity index is 545. The van der Waals surface area contributed by atoms with Crippen LogP contribution in [0.5, 0.6) is 0 Å². The number of nitrogens with one attached hydrogen (secondary N) is 1. The summed E-state index contributed by atoms with van der Waals surface area (Å²) in [7, 11) is 0. The van der Waals surface area contributed by atoms with Crippen LogP contribution in [0.1, 0.15) is 32.4 Å². The molecule has 1 aromatic heterocycles. The third-order valence-electron chi connectivity index (χ3n) is 4.09. The molecule has 1 aliphatic heterocycles. The normalized spacial score (nSPS) is 26.9. The van der Waals surface area contributed by atoms with Crippen LogP contribution in [0.3, 0.4) is 0 Å². The maximum absolute atomic E-state index is 12.0. The van der Waals surface area contributed by atoms with Crippen molar-refractivity contribution in [2.24, 2.45) is 11.8 Å². The van der Waals surface area contributed by atoms with Crippen LogP contribution in [0.15, 0.2) is 16.9 Å². The Labute approximate surface area is 106 Å². The number of carbonyl (C=O) groups excluding carboxylic acids is 1. The first-order valence-corrected chi connectivity index (χ1v) is 6.60. The number of aromatic amines is 1. The summed E-state index contributed by atoms with van der Waals surface area (Å²) in [5, 5.41) is 0. The first-order chi connectivity index (χ1) is 8.58. The van der Waals surface area contributed by atoms with Gasteiger partial charge in [-0.1, -0.05) is 6.92 Å². The molecule has 4 heteroatoms. The zero-order valence-electron chi connectivity index (χ0n) is 10.8. The summed E-state index contributed by atoms with van der Waals surface area (Å²) in [4.78, 5) is 28.1. The van der Waals surface area contributed by atoms with Crippen LogP contribution >= 0.6 is 0 Å². The third-order valence-corrected chi connectivity index (χ3v) is 4.09. The van der Waals surface area contributed by atoms with Crippen LogP contribution in [-0.4, -0.2) is 16.9 Å². The lowest BCUT2D eigenvalue weighted by Gasteiger charge is -2.40. The summed E-state index contributed by atoms with van der Waals surface area (Å²) in [6.45, 7) is 3.79. The summed E-state index contributed by atoms with van der Waals surface area (Å²) < 4.78 is 0. The lowest BCUT2D eigenvalue weighted by Crippen LogP contribution is -2.49. The number of rotatable bonds is 1. The highest BCUT2D eigenvalue weighted by atomic mass is 16.2. The van der Waals surface area contributed by atoms with E-state index < -0.39 is 0 Å². The van der Waals surface area contributed by atoms with Crippen molar-refractivity contribution in [2.75, 3.05) is 4.90 Å². The second-order valence-corrected chi connectivity index (χ2v) is 5.58. The fourth-order valence-corrected chi connectivity index (χ4v) is 3.24. The predicted octanol–water partition coefficient (Wildman–Crippen LogP) is 1.70. The van der Waals surface area contributed by atoms with E-state index in [0.717, 1.165) is 17.8 Å². The van der Waals surface area contributed by atoms with Gasteiger partial charge in [-0.15, -0.1) is 0 Å². The molecule has 2 aliphatic rings. The minimum absolute atomic E-state index is 0.0757. The van der Waals surface area contributed by atoms with Crippen molar-refractivity contribution in [3.05, 3.63) is 28.2 Å². The van der Waals surface area contributed by atoms with Crippen molar-refractivity contribution in [1.29, 1.82) is 0 Å². The van der Waals surface area contributed by atoms with Crippen LogP contribution < -0.4 is 10.5 Å². The van der Waals surface area contributed by atoms with Gasteiger partial charge in [0, 0.05) is 24.7 Å². The fraction of sp³-hybridized carbons (Fsp3) is 0.571. The molecule has 0 unspecified atom stereocenters. The SMILES string of the molecule is CC(=O)N1c2ccc(=O)[nH]c2C[C@@H](C)[C@@H]1C1CC1. The molecule has 0 spiro atoms. The molecule has 3 rings (SSSR count). The summed E-state index contributed by atoms with van der Waals surface area (Å²) in [6.07, 6.45) is 3.30. The lowest BCUT2D eigenvalue weighted by molar-refractivity contribution is -0.117. The first kappa shape index (κ1) is 11.5. The van der Waals surface area contributed by atoms with Crippen molar-refractivity contribution in [2.45, 2.75) is 39.2 Å². The molecule has 0 radical (unpaired) electrons. The summed E-state index contributed by atoms with van der Waals surface area (Å²) in [5.41, 5.74) is 1.72. The molecule has 2 atom stereocenters. The van der Waals surface area contributed by atoms with Crippen LogP contribution in [0.2, 0.25) is 0 Å². The van der Waals surface area contributed by atoms with E-state index in [-0.39, 0.29) is 11.5 Å². The van der Waals surface area contributed by atoms with Gasteiger partial charge in [-0.3, -0.25) is 9.59 Å². The van der Waals surface area contributed by atoms with E-state index >= 15 is 0 Å². The maximum Gasteiger partial charge on any atom is 0.248 e. The van der Waals surface area contributed by atoms with Gasteiger partial charge in [0.25, 0.3) is 0 Å². The maximum atomic E-state index is 12.0. The highest BCUT2D eigenvalue weighted by Gasteiger charge is 2.43. The Morgan fingerprint density at radius 2 is 2.11 bits per heavy atom. The summed E-state index contributed by atoms with van der Waals surface area (Å²) >= 11 is 0. The standard InChI is InChI=1S/C14H18N2O2/c1-8-7-11-12(5-6-13(18)15-11)16(9(2)17)14(8)10-3-4-10/h5-6,8,10,14H,3-4,7H2,1-2H3,(H,15,18)/t8-,14-/m1/s1. The number of pyridine rings is 1. The molecule has 1 aromatic rings. The van der Waals surface area contributed by atoms with Gasteiger partial charge in [0.15, 0.2) is 0 Å². The van der Waals surface area contributed by atoms with E-state index in [9.17, 15) is 9.59 Å². The van der Waals surface area contributed by atoms with Crippen LogP contribution in [-0.2, 0) is 11.2 Å². The minimum atomic E-state index is -0.0886. The minimum Gasteiger partial charge on any atom is -0.324 e. The Morgan fingerprint density at radius 3 is 2.72 bits per heavy atom. The number of hydrogen-bond donors (Lipinski definition) is 1. The molecule has 4 nitrogen and oxygen atoms in total. The van der Waals surface area contributed by atoms with Crippen LogP contribution in [0, 0.1) is 11.8 Å². The Kier molecular flexibility index (Phi) is 2.54. The Hall–Kier alpha value is -1.58. The smallest absolute Gasteiger partial charge is 0.248 e. The molecule has 0 aromatic carbocycles. The van der Waals surface area contributed by atoms with Crippen molar-refractivity contribution < 1.29 is 4.79 Å². The van der Waals surface area contributed by atoms with Gasteiger partial charge in [0.05, 0.1) is 5.69 Å². The topological polar surface area (TPSA) is 53.2 Å². The Balaban J connectivity index is 2.10. The number of H-pyrrole nitrogens is 1. The highest BCUT2D eigenvalue weighted by molar-refractivity contribution is 5.93. The number of carbonyl (C=O) groups is 1. The molecule has 18 heavy (non-hydrogen) atoms. The van der Waals surface area contributed by atoms with Crippen LogP contribution in [0.4, 0.5) is 5.69 Å². The highest BCUT2D eigenvalue weighted by Crippen LogP contribution is 2.44. The summed E-state index contributed by atoms with van der Waals surface area (Å²) in [6, 6.07) is 3.60. The van der Waals surface area contributed by atoms with E-state index in [2.05, 4.69) is 11.9 Å². The number of nitrogens with zero attached hydrogens (tertiary/aromatic N) is 1.